The first-order valence-electron chi connectivity index (χ1n) is 6.31. The molecule has 2 aromatic rings. The maximum atomic E-state index is 8.96. The Morgan fingerprint density at radius 2 is 1.86 bits per heavy atom. The number of allylic oxidation sites excluding steroid dienone is 1. The minimum absolute atomic E-state index is 0.141. The Hall–Kier alpha value is -2.97. The molecule has 0 fully saturated rings. The summed E-state index contributed by atoms with van der Waals surface area (Å²) in [6.45, 7) is 0. The molecule has 0 bridgehead atoms. The largest absolute Gasteiger partial charge is 0.497 e. The number of nitrogens with two attached hydrogens (primary N) is 2. The van der Waals surface area contributed by atoms with Gasteiger partial charge >= 0.3 is 0 Å². The van der Waals surface area contributed by atoms with Gasteiger partial charge in [0, 0.05) is 5.56 Å². The van der Waals surface area contributed by atoms with Gasteiger partial charge in [-0.3, -0.25) is 0 Å². The Labute approximate surface area is 123 Å². The van der Waals surface area contributed by atoms with Crippen LogP contribution in [0.5, 0.6) is 5.75 Å². The van der Waals surface area contributed by atoms with Crippen LogP contribution in [0.4, 0.5) is 0 Å². The molecule has 0 spiro atoms. The summed E-state index contributed by atoms with van der Waals surface area (Å²) in [5.41, 5.74) is 11.5. The van der Waals surface area contributed by atoms with E-state index in [4.69, 9.17) is 21.6 Å². The number of hydrogen-bond acceptors (Lipinski definition) is 5. The highest BCUT2D eigenvalue weighted by Crippen LogP contribution is 2.25. The average Bonchev–Trinajstić information content (AvgIpc) is 2.56. The molecule has 106 valence electrons. The Morgan fingerprint density at radius 3 is 2.43 bits per heavy atom. The first-order valence-corrected chi connectivity index (χ1v) is 6.31. The second-order valence-electron chi connectivity index (χ2n) is 4.35. The van der Waals surface area contributed by atoms with Crippen LogP contribution in [0.15, 0.2) is 54.2 Å². The van der Waals surface area contributed by atoms with E-state index in [1.165, 1.54) is 0 Å². The molecule has 0 unspecified atom stereocenters. The summed E-state index contributed by atoms with van der Waals surface area (Å²) in [5, 5.41) is 8.96. The van der Waals surface area contributed by atoms with Gasteiger partial charge in [0.2, 0.25) is 0 Å². The number of benzene rings is 2. The van der Waals surface area contributed by atoms with E-state index in [-0.39, 0.29) is 5.70 Å². The van der Waals surface area contributed by atoms with E-state index >= 15 is 0 Å². The van der Waals surface area contributed by atoms with Gasteiger partial charge in [-0.25, -0.2) is 5.84 Å². The molecule has 0 aliphatic heterocycles. The van der Waals surface area contributed by atoms with E-state index in [2.05, 4.69) is 5.43 Å². The maximum Gasteiger partial charge on any atom is 0.151 e. The number of nitrogens with one attached hydrogen (secondary N) is 1. The molecule has 5 N–H and O–H groups in total. The third-order valence-corrected chi connectivity index (χ3v) is 3.12. The monoisotopic (exact) mass is 280 g/mol. The Morgan fingerprint density at radius 1 is 1.14 bits per heavy atom. The van der Waals surface area contributed by atoms with Crippen molar-refractivity contribution in [3.8, 4) is 22.9 Å². The summed E-state index contributed by atoms with van der Waals surface area (Å²) in [7, 11) is 1.63. The van der Waals surface area contributed by atoms with Gasteiger partial charge in [0.05, 0.1) is 12.8 Å². The standard InChI is InChI=1S/C16H16N4O/c1-21-14-7-5-11(6-8-14)12-3-2-4-13(9-12)16(18)15(10-17)20-19/h2-9,20H,18-19H2,1H3/b16-15-. The minimum Gasteiger partial charge on any atom is -0.497 e. The SMILES string of the molecule is COc1ccc(-c2cccc(/C(N)=C(\C#N)NN)c2)cc1. The fraction of sp³-hybridized carbons (Fsp3) is 0.0625. The van der Waals surface area contributed by atoms with E-state index in [0.717, 1.165) is 22.4 Å². The van der Waals surface area contributed by atoms with Crippen molar-refractivity contribution in [2.45, 2.75) is 0 Å². The highest BCUT2D eigenvalue weighted by molar-refractivity contribution is 5.74. The van der Waals surface area contributed by atoms with E-state index in [1.54, 1.807) is 7.11 Å². The molecule has 0 atom stereocenters. The highest BCUT2D eigenvalue weighted by Gasteiger charge is 2.06. The van der Waals surface area contributed by atoms with Crippen LogP contribution in [-0.4, -0.2) is 7.11 Å². The number of hydrazine groups is 1. The summed E-state index contributed by atoms with van der Waals surface area (Å²) in [5.74, 6) is 6.08. The average molecular weight is 280 g/mol. The van der Waals surface area contributed by atoms with Crippen molar-refractivity contribution in [3.63, 3.8) is 0 Å². The zero-order chi connectivity index (χ0) is 15.2. The Balaban J connectivity index is 2.42. The van der Waals surface area contributed by atoms with Crippen LogP contribution in [0.1, 0.15) is 5.56 Å². The van der Waals surface area contributed by atoms with Crippen molar-refractivity contribution in [2.24, 2.45) is 11.6 Å². The van der Waals surface area contributed by atoms with Gasteiger partial charge in [-0.05, 0) is 29.3 Å². The van der Waals surface area contributed by atoms with E-state index in [1.807, 2.05) is 54.6 Å². The third-order valence-electron chi connectivity index (χ3n) is 3.12. The van der Waals surface area contributed by atoms with Crippen molar-refractivity contribution >= 4 is 5.70 Å². The molecule has 0 aliphatic rings. The smallest absolute Gasteiger partial charge is 0.151 e. The number of hydrogen-bond donors (Lipinski definition) is 3. The predicted molar refractivity (Wildman–Crippen MR) is 82.5 cm³/mol. The predicted octanol–water partition coefficient (Wildman–Crippen LogP) is 1.98. The molecule has 0 radical (unpaired) electrons. The van der Waals surface area contributed by atoms with Crippen LogP contribution >= 0.6 is 0 Å². The fourth-order valence-electron chi connectivity index (χ4n) is 1.96. The highest BCUT2D eigenvalue weighted by atomic mass is 16.5. The molecule has 0 amide bonds. The summed E-state index contributed by atoms with van der Waals surface area (Å²) in [6, 6.07) is 17.2. The van der Waals surface area contributed by atoms with Gasteiger partial charge in [-0.15, -0.1) is 0 Å². The topological polar surface area (TPSA) is 97.1 Å². The molecule has 5 nitrogen and oxygen atoms in total. The van der Waals surface area contributed by atoms with Crippen molar-refractivity contribution < 1.29 is 4.74 Å². The van der Waals surface area contributed by atoms with Crippen LogP contribution in [0.3, 0.4) is 0 Å². The summed E-state index contributed by atoms with van der Waals surface area (Å²) in [6.07, 6.45) is 0. The van der Waals surface area contributed by atoms with E-state index in [9.17, 15) is 0 Å². The van der Waals surface area contributed by atoms with Crippen LogP contribution in [0, 0.1) is 11.3 Å². The van der Waals surface area contributed by atoms with Gasteiger partial charge < -0.3 is 15.9 Å². The summed E-state index contributed by atoms with van der Waals surface area (Å²) < 4.78 is 5.14. The molecular weight excluding hydrogens is 264 g/mol. The molecule has 0 saturated heterocycles. The molecule has 5 heteroatoms. The molecule has 0 aliphatic carbocycles. The molecule has 0 aromatic heterocycles. The third kappa shape index (κ3) is 3.14. The van der Waals surface area contributed by atoms with Crippen molar-refractivity contribution in [1.82, 2.24) is 5.43 Å². The zero-order valence-corrected chi connectivity index (χ0v) is 11.6. The van der Waals surface area contributed by atoms with Gasteiger partial charge in [0.15, 0.2) is 5.70 Å². The lowest BCUT2D eigenvalue weighted by atomic mass is 10.0. The molecule has 0 heterocycles. The van der Waals surface area contributed by atoms with Gasteiger partial charge in [-0.2, -0.15) is 5.26 Å². The minimum atomic E-state index is 0.141. The fourth-order valence-corrected chi connectivity index (χ4v) is 1.96. The first kappa shape index (κ1) is 14.4. The maximum absolute atomic E-state index is 8.96. The quantitative estimate of drug-likeness (QED) is 0.452. The van der Waals surface area contributed by atoms with Gasteiger partial charge in [0.1, 0.15) is 11.8 Å². The number of methoxy groups -OCH3 is 1. The second kappa shape index (κ2) is 6.46. The van der Waals surface area contributed by atoms with Crippen molar-refractivity contribution in [2.75, 3.05) is 7.11 Å². The van der Waals surface area contributed by atoms with Crippen molar-refractivity contribution in [3.05, 3.63) is 59.8 Å². The summed E-state index contributed by atoms with van der Waals surface area (Å²) >= 11 is 0. The zero-order valence-electron chi connectivity index (χ0n) is 11.6. The first-order chi connectivity index (χ1) is 10.2. The second-order valence-corrected chi connectivity index (χ2v) is 4.35. The number of ether oxygens (including phenoxy) is 1. The Bertz CT molecular complexity index is 699. The molecule has 0 saturated carbocycles. The molecule has 2 aromatic carbocycles. The number of nitriles is 1. The summed E-state index contributed by atoms with van der Waals surface area (Å²) in [4.78, 5) is 0. The molecule has 21 heavy (non-hydrogen) atoms. The lowest BCUT2D eigenvalue weighted by molar-refractivity contribution is 0.415. The Kier molecular flexibility index (Phi) is 4.44. The van der Waals surface area contributed by atoms with Crippen molar-refractivity contribution in [1.29, 1.82) is 5.26 Å². The number of nitrogens with zero attached hydrogens (tertiary/aromatic N) is 1. The lowest BCUT2D eigenvalue weighted by Gasteiger charge is -2.08. The van der Waals surface area contributed by atoms with Gasteiger partial charge in [-0.1, -0.05) is 30.3 Å². The van der Waals surface area contributed by atoms with Crippen LogP contribution in [0.25, 0.3) is 16.8 Å². The number of rotatable bonds is 4. The lowest BCUT2D eigenvalue weighted by Crippen LogP contribution is -2.23. The van der Waals surface area contributed by atoms with E-state index in [0.29, 0.717) is 5.70 Å². The molecular formula is C16H16N4O. The van der Waals surface area contributed by atoms with Crippen LogP contribution < -0.4 is 21.7 Å². The molecule has 2 rings (SSSR count). The normalized spacial score (nSPS) is 11.3. The van der Waals surface area contributed by atoms with Crippen LogP contribution in [-0.2, 0) is 0 Å². The van der Waals surface area contributed by atoms with Gasteiger partial charge in [0.25, 0.3) is 0 Å². The van der Waals surface area contributed by atoms with E-state index < -0.39 is 0 Å². The van der Waals surface area contributed by atoms with Crippen LogP contribution in [0.2, 0.25) is 0 Å².